The number of amides is 3. The number of hydrogen-bond acceptors (Lipinski definition) is 5. The van der Waals surface area contributed by atoms with Crippen LogP contribution in [-0.2, 0) is 16.1 Å². The molecule has 8 heteroatoms. The van der Waals surface area contributed by atoms with Crippen LogP contribution in [0.15, 0.2) is 12.3 Å². The van der Waals surface area contributed by atoms with Crippen molar-refractivity contribution in [2.45, 2.75) is 25.4 Å². The highest BCUT2D eigenvalue weighted by molar-refractivity contribution is 6.05. The summed E-state index contributed by atoms with van der Waals surface area (Å²) in [5.74, 6) is -0.986. The first-order valence-corrected chi connectivity index (χ1v) is 6.61. The van der Waals surface area contributed by atoms with E-state index in [1.165, 1.54) is 4.90 Å². The number of carbonyl (C=O) groups excluding carboxylic acids is 3. The molecular formula is C13H11N5O3. The molecule has 2 aliphatic rings. The monoisotopic (exact) mass is 285 g/mol. The number of pyridine rings is 1. The lowest BCUT2D eigenvalue weighted by molar-refractivity contribution is -0.136. The van der Waals surface area contributed by atoms with Gasteiger partial charge in [-0.25, -0.2) is 4.98 Å². The lowest BCUT2D eigenvalue weighted by atomic mass is 10.0. The SMILES string of the molecule is O=C1CCC(N2Cc3cc4[nH]ncc4nc3C2=O)C(=O)N1. The molecule has 1 unspecified atom stereocenters. The number of H-pyrrole nitrogens is 1. The van der Waals surface area contributed by atoms with Crippen LogP contribution in [-0.4, -0.2) is 43.8 Å². The van der Waals surface area contributed by atoms with Gasteiger partial charge >= 0.3 is 0 Å². The molecule has 3 amide bonds. The Balaban J connectivity index is 1.69. The van der Waals surface area contributed by atoms with Crippen LogP contribution in [0.25, 0.3) is 11.0 Å². The molecule has 4 heterocycles. The third-order valence-electron chi connectivity index (χ3n) is 3.89. The van der Waals surface area contributed by atoms with Crippen LogP contribution in [0.4, 0.5) is 0 Å². The molecule has 0 aliphatic carbocycles. The molecule has 2 aliphatic heterocycles. The number of hydrogen-bond donors (Lipinski definition) is 2. The number of aromatic nitrogens is 3. The first-order valence-electron chi connectivity index (χ1n) is 6.61. The number of rotatable bonds is 1. The number of nitrogens with one attached hydrogen (secondary N) is 2. The van der Waals surface area contributed by atoms with E-state index in [4.69, 9.17) is 0 Å². The maximum absolute atomic E-state index is 12.5. The van der Waals surface area contributed by atoms with Gasteiger partial charge in [0.1, 0.15) is 17.3 Å². The average molecular weight is 285 g/mol. The van der Waals surface area contributed by atoms with Crippen molar-refractivity contribution in [2.75, 3.05) is 0 Å². The summed E-state index contributed by atoms with van der Waals surface area (Å²) in [4.78, 5) is 41.3. The topological polar surface area (TPSA) is 108 Å². The van der Waals surface area contributed by atoms with Crippen molar-refractivity contribution in [1.29, 1.82) is 0 Å². The number of carbonyl (C=O) groups is 3. The van der Waals surface area contributed by atoms with Crippen LogP contribution in [0, 0.1) is 0 Å². The minimum absolute atomic E-state index is 0.245. The third-order valence-corrected chi connectivity index (χ3v) is 3.89. The standard InChI is InChI=1S/C13H11N5O3/c19-10-2-1-9(12(20)16-10)18-5-6-3-7-8(4-14-17-7)15-11(6)13(18)21/h3-4,9H,1-2,5H2,(H,14,17)(H,16,19,20). The van der Waals surface area contributed by atoms with Crippen LogP contribution in [0.2, 0.25) is 0 Å². The first kappa shape index (κ1) is 12.0. The second-order valence-electron chi connectivity index (χ2n) is 5.20. The molecule has 106 valence electrons. The first-order chi connectivity index (χ1) is 10.1. The second kappa shape index (κ2) is 4.11. The number of aromatic amines is 1. The molecular weight excluding hydrogens is 274 g/mol. The van der Waals surface area contributed by atoms with Crippen molar-refractivity contribution < 1.29 is 14.4 Å². The number of imide groups is 1. The lowest BCUT2D eigenvalue weighted by Gasteiger charge is -2.29. The highest BCUT2D eigenvalue weighted by atomic mass is 16.2. The summed E-state index contributed by atoms with van der Waals surface area (Å²) < 4.78 is 0. The molecule has 1 fully saturated rings. The maximum Gasteiger partial charge on any atom is 0.273 e. The van der Waals surface area contributed by atoms with Crippen molar-refractivity contribution in [3.8, 4) is 0 Å². The Morgan fingerprint density at radius 1 is 1.29 bits per heavy atom. The Bertz CT molecular complexity index is 796. The molecule has 0 aromatic carbocycles. The van der Waals surface area contributed by atoms with Crippen molar-refractivity contribution in [2.24, 2.45) is 0 Å². The predicted octanol–water partition coefficient (Wildman–Crippen LogP) is -0.281. The molecule has 1 atom stereocenters. The quantitative estimate of drug-likeness (QED) is 0.700. The van der Waals surface area contributed by atoms with E-state index < -0.39 is 11.9 Å². The zero-order valence-electron chi connectivity index (χ0n) is 10.9. The van der Waals surface area contributed by atoms with E-state index in [0.29, 0.717) is 24.2 Å². The molecule has 4 rings (SSSR count). The highest BCUT2D eigenvalue weighted by Crippen LogP contribution is 2.28. The van der Waals surface area contributed by atoms with Crippen molar-refractivity contribution >= 4 is 28.8 Å². The predicted molar refractivity (Wildman–Crippen MR) is 69.9 cm³/mol. The summed E-state index contributed by atoms with van der Waals surface area (Å²) in [7, 11) is 0. The fraction of sp³-hybridized carbons (Fsp3) is 0.308. The van der Waals surface area contributed by atoms with Crippen molar-refractivity contribution in [3.05, 3.63) is 23.5 Å². The van der Waals surface area contributed by atoms with E-state index in [1.807, 2.05) is 6.07 Å². The van der Waals surface area contributed by atoms with E-state index in [-0.39, 0.29) is 18.2 Å². The van der Waals surface area contributed by atoms with Gasteiger partial charge in [-0.05, 0) is 12.5 Å². The summed E-state index contributed by atoms with van der Waals surface area (Å²) >= 11 is 0. The van der Waals surface area contributed by atoms with E-state index >= 15 is 0 Å². The summed E-state index contributed by atoms with van der Waals surface area (Å²) in [6.07, 6.45) is 2.15. The Morgan fingerprint density at radius 2 is 2.14 bits per heavy atom. The molecule has 0 radical (unpaired) electrons. The summed E-state index contributed by atoms with van der Waals surface area (Å²) in [5.41, 5.74) is 2.49. The van der Waals surface area contributed by atoms with Crippen molar-refractivity contribution in [3.63, 3.8) is 0 Å². The molecule has 21 heavy (non-hydrogen) atoms. The van der Waals surface area contributed by atoms with Gasteiger partial charge in [-0.15, -0.1) is 0 Å². The van der Waals surface area contributed by atoms with E-state index in [9.17, 15) is 14.4 Å². The second-order valence-corrected chi connectivity index (χ2v) is 5.20. The smallest absolute Gasteiger partial charge is 0.273 e. The molecule has 0 bridgehead atoms. The minimum Gasteiger partial charge on any atom is -0.321 e. The van der Waals surface area contributed by atoms with Crippen LogP contribution >= 0.6 is 0 Å². The zero-order chi connectivity index (χ0) is 14.6. The Labute approximate surface area is 118 Å². The third kappa shape index (κ3) is 1.72. The zero-order valence-corrected chi connectivity index (χ0v) is 10.9. The molecule has 1 saturated heterocycles. The van der Waals surface area contributed by atoms with Crippen LogP contribution in [0.1, 0.15) is 28.9 Å². The highest BCUT2D eigenvalue weighted by Gasteiger charge is 2.40. The summed E-state index contributed by atoms with van der Waals surface area (Å²) in [5, 5.41) is 8.96. The van der Waals surface area contributed by atoms with Crippen molar-refractivity contribution in [1.82, 2.24) is 25.4 Å². The fourth-order valence-electron chi connectivity index (χ4n) is 2.85. The molecule has 2 aromatic heterocycles. The number of piperidine rings is 1. The van der Waals surface area contributed by atoms with Gasteiger partial charge in [0.15, 0.2) is 0 Å². The lowest BCUT2D eigenvalue weighted by Crippen LogP contribution is -2.52. The van der Waals surface area contributed by atoms with Gasteiger partial charge in [-0.3, -0.25) is 24.8 Å². The number of nitrogens with zero attached hydrogens (tertiary/aromatic N) is 3. The van der Waals surface area contributed by atoms with Crippen LogP contribution < -0.4 is 5.32 Å². The molecule has 2 aromatic rings. The van der Waals surface area contributed by atoms with Gasteiger partial charge in [0.05, 0.1) is 11.7 Å². The maximum atomic E-state index is 12.5. The molecule has 8 nitrogen and oxygen atoms in total. The molecule has 0 spiro atoms. The minimum atomic E-state index is -0.610. The van der Waals surface area contributed by atoms with E-state index in [1.54, 1.807) is 6.20 Å². The van der Waals surface area contributed by atoms with Gasteiger partial charge < -0.3 is 4.90 Å². The molecule has 2 N–H and O–H groups in total. The normalized spacial score (nSPS) is 21.8. The van der Waals surface area contributed by atoms with Gasteiger partial charge in [-0.2, -0.15) is 5.10 Å². The largest absolute Gasteiger partial charge is 0.321 e. The van der Waals surface area contributed by atoms with Gasteiger partial charge in [-0.1, -0.05) is 0 Å². The van der Waals surface area contributed by atoms with E-state index in [0.717, 1.165) is 11.1 Å². The average Bonchev–Trinajstić information content (AvgIpc) is 3.02. The van der Waals surface area contributed by atoms with Gasteiger partial charge in [0.2, 0.25) is 11.8 Å². The summed E-state index contributed by atoms with van der Waals surface area (Å²) in [6, 6.07) is 1.22. The van der Waals surface area contributed by atoms with Gasteiger partial charge in [0.25, 0.3) is 5.91 Å². The van der Waals surface area contributed by atoms with Crippen LogP contribution in [0.5, 0.6) is 0 Å². The number of fused-ring (bicyclic) bond motifs is 2. The Morgan fingerprint density at radius 3 is 2.95 bits per heavy atom. The summed E-state index contributed by atoms with van der Waals surface area (Å²) in [6.45, 7) is 0.322. The Kier molecular flexibility index (Phi) is 2.35. The van der Waals surface area contributed by atoms with E-state index in [2.05, 4.69) is 20.5 Å². The Hall–Kier alpha value is -2.77. The van der Waals surface area contributed by atoms with Gasteiger partial charge in [0, 0.05) is 18.5 Å². The fourth-order valence-corrected chi connectivity index (χ4v) is 2.85. The van der Waals surface area contributed by atoms with Crippen LogP contribution in [0.3, 0.4) is 0 Å². The molecule has 0 saturated carbocycles.